The molecular formula is C24H38CrN2P+. The molecule has 2 nitrogen and oxygen atoms in total. The average molecular weight is 438 g/mol. The summed E-state index contributed by atoms with van der Waals surface area (Å²) in [6.07, 6.45) is 0. The van der Waals surface area contributed by atoms with E-state index < -0.39 is 8.07 Å². The molecule has 4 heteroatoms. The summed E-state index contributed by atoms with van der Waals surface area (Å²) in [6.45, 7) is 15.7. The van der Waals surface area contributed by atoms with Crippen LogP contribution in [0, 0.1) is 35.6 Å². The molecule has 0 saturated carbocycles. The first kappa shape index (κ1) is 29.1. The van der Waals surface area contributed by atoms with Crippen LogP contribution in [0.3, 0.4) is 0 Å². The smallest absolute Gasteiger partial charge is 0.358 e. The number of amidine groups is 1. The first-order valence-electron chi connectivity index (χ1n) is 9.15. The van der Waals surface area contributed by atoms with Gasteiger partial charge in [0.05, 0.1) is 25.1 Å². The maximum atomic E-state index is 5.10. The van der Waals surface area contributed by atoms with E-state index in [-0.39, 0.29) is 32.2 Å². The Hall–Kier alpha value is -1.13. The summed E-state index contributed by atoms with van der Waals surface area (Å²) in [6, 6.07) is 14.9. The van der Waals surface area contributed by atoms with Crippen LogP contribution in [-0.2, 0) is 17.4 Å². The van der Waals surface area contributed by atoms with Gasteiger partial charge in [0.25, 0.3) is 0 Å². The molecule has 0 fully saturated rings. The summed E-state index contributed by atoms with van der Waals surface area (Å²) < 4.78 is 0. The van der Waals surface area contributed by atoms with E-state index in [2.05, 4.69) is 96.0 Å². The van der Waals surface area contributed by atoms with Gasteiger partial charge >= 0.3 is 17.4 Å². The molecule has 0 aliphatic rings. The van der Waals surface area contributed by atoms with Crippen molar-refractivity contribution in [3.63, 3.8) is 0 Å². The Morgan fingerprint density at radius 3 is 1.75 bits per heavy atom. The van der Waals surface area contributed by atoms with Gasteiger partial charge in [0.15, 0.2) is 5.84 Å². The molecule has 0 aliphatic carbocycles. The quantitative estimate of drug-likeness (QED) is 0.229. The molecule has 28 heavy (non-hydrogen) atoms. The third-order valence-electron chi connectivity index (χ3n) is 4.41. The Morgan fingerprint density at radius 1 is 0.857 bits per heavy atom. The minimum atomic E-state index is -0.758. The number of rotatable bonds is 5. The van der Waals surface area contributed by atoms with E-state index in [0.29, 0.717) is 11.3 Å². The van der Waals surface area contributed by atoms with Gasteiger partial charge in [-0.05, 0) is 59.6 Å². The summed E-state index contributed by atoms with van der Waals surface area (Å²) in [4.78, 5) is 5.10. The normalized spacial score (nSPS) is 11.0. The van der Waals surface area contributed by atoms with E-state index in [9.17, 15) is 0 Å². The second-order valence-electron chi connectivity index (χ2n) is 7.46. The van der Waals surface area contributed by atoms with Crippen LogP contribution in [0.5, 0.6) is 0 Å². The average Bonchev–Trinajstić information content (AvgIpc) is 2.53. The van der Waals surface area contributed by atoms with Crippen LogP contribution < -0.4 is 5.09 Å². The molecule has 0 bridgehead atoms. The molecule has 0 spiro atoms. The maximum Gasteiger partial charge on any atom is 2.00 e. The van der Waals surface area contributed by atoms with Crippen molar-refractivity contribution in [1.29, 1.82) is 0 Å². The van der Waals surface area contributed by atoms with Crippen LogP contribution in [0.1, 0.15) is 49.9 Å². The first-order chi connectivity index (χ1) is 11.8. The van der Waals surface area contributed by atoms with Gasteiger partial charge in [-0.25, -0.2) is 10.1 Å². The maximum absolute atomic E-state index is 5.10. The number of nitrogens with zero attached hydrogens (tertiary/aromatic N) is 1. The van der Waals surface area contributed by atoms with Gasteiger partial charge in [-0.3, -0.25) is 0 Å². The molecule has 0 amide bonds. The van der Waals surface area contributed by atoms with Gasteiger partial charge in [-0.2, -0.15) is 0 Å². The Bertz CT molecular complexity index is 709. The van der Waals surface area contributed by atoms with Crippen molar-refractivity contribution in [2.75, 3.05) is 0 Å². The van der Waals surface area contributed by atoms with E-state index in [1.54, 1.807) is 0 Å². The second-order valence-corrected chi connectivity index (χ2v) is 10.9. The minimum absolute atomic E-state index is 0. The van der Waals surface area contributed by atoms with Crippen molar-refractivity contribution < 1.29 is 17.4 Å². The molecule has 154 valence electrons. The van der Waals surface area contributed by atoms with E-state index in [4.69, 9.17) is 4.99 Å². The molecule has 2 aromatic rings. The Kier molecular flexibility index (Phi) is 13.7. The van der Waals surface area contributed by atoms with Crippen LogP contribution in [0.2, 0.25) is 0 Å². The monoisotopic (exact) mass is 437 g/mol. The van der Waals surface area contributed by atoms with Gasteiger partial charge in [-0.1, -0.05) is 48.0 Å². The fraction of sp³-hybridized carbons (Fsp3) is 0.375. The molecule has 0 unspecified atom stereocenters. The van der Waals surface area contributed by atoms with Crippen LogP contribution >= 0.6 is 8.07 Å². The van der Waals surface area contributed by atoms with Gasteiger partial charge < -0.3 is 14.9 Å². The van der Waals surface area contributed by atoms with Gasteiger partial charge in [-0.15, -0.1) is 0 Å². The van der Waals surface area contributed by atoms with Crippen LogP contribution in [0.4, 0.5) is 5.69 Å². The van der Waals surface area contributed by atoms with Crippen molar-refractivity contribution in [3.05, 3.63) is 79.6 Å². The molecule has 0 atom stereocenters. The Morgan fingerprint density at radius 2 is 1.32 bits per heavy atom. The first-order valence-corrected chi connectivity index (χ1v) is 10.8. The van der Waals surface area contributed by atoms with Crippen molar-refractivity contribution in [3.8, 4) is 0 Å². The van der Waals surface area contributed by atoms with Crippen molar-refractivity contribution in [2.45, 2.75) is 59.8 Å². The van der Waals surface area contributed by atoms with Gasteiger partial charge in [0.1, 0.15) is 0 Å². The van der Waals surface area contributed by atoms with Crippen LogP contribution in [0.25, 0.3) is 0 Å². The molecule has 0 saturated heterocycles. The third-order valence-corrected chi connectivity index (χ3v) is 7.43. The SMILES string of the molecule is Cc1cc(C)c(N=C(N[PH+](C(C)C)C(C)C)c2ccccc2)c(C)c1.[CH3-].[CH3-].[Cr+2]. The number of nitrogens with one attached hydrogen (secondary N) is 1. The topological polar surface area (TPSA) is 24.4 Å². The number of hydrogen-bond acceptors (Lipinski definition) is 1. The number of benzene rings is 2. The number of aliphatic imine (C=N–C) groups is 1. The summed E-state index contributed by atoms with van der Waals surface area (Å²) in [7, 11) is -0.758. The third kappa shape index (κ3) is 7.71. The van der Waals surface area contributed by atoms with Crippen LogP contribution in [0.15, 0.2) is 47.5 Å². The zero-order valence-corrected chi connectivity index (χ0v) is 21.3. The molecule has 1 N–H and O–H groups in total. The Labute approximate surface area is 186 Å². The number of aryl methyl sites for hydroxylation is 3. The molecule has 0 aliphatic heterocycles. The summed E-state index contributed by atoms with van der Waals surface area (Å²) in [5.41, 5.74) is 7.28. The van der Waals surface area contributed by atoms with E-state index >= 15 is 0 Å². The summed E-state index contributed by atoms with van der Waals surface area (Å²) >= 11 is 0. The molecule has 0 heterocycles. The fourth-order valence-electron chi connectivity index (χ4n) is 3.31. The molecule has 0 aromatic heterocycles. The van der Waals surface area contributed by atoms with Crippen molar-refractivity contribution in [2.24, 2.45) is 4.99 Å². The summed E-state index contributed by atoms with van der Waals surface area (Å²) in [5, 5.41) is 3.84. The summed E-state index contributed by atoms with van der Waals surface area (Å²) in [5.74, 6) is 1.01. The van der Waals surface area contributed by atoms with Gasteiger partial charge in [0.2, 0.25) is 0 Å². The number of hydrogen-bond donors (Lipinski definition) is 1. The van der Waals surface area contributed by atoms with Crippen molar-refractivity contribution >= 4 is 19.6 Å². The Balaban J connectivity index is 0. The van der Waals surface area contributed by atoms with Gasteiger partial charge in [0, 0.05) is 5.56 Å². The van der Waals surface area contributed by atoms with E-state index in [0.717, 1.165) is 17.1 Å². The minimum Gasteiger partial charge on any atom is -0.358 e. The van der Waals surface area contributed by atoms with E-state index in [1.165, 1.54) is 16.7 Å². The van der Waals surface area contributed by atoms with E-state index in [1.807, 2.05) is 0 Å². The van der Waals surface area contributed by atoms with Crippen molar-refractivity contribution in [1.82, 2.24) is 5.09 Å². The molecule has 2 aromatic carbocycles. The predicted octanol–water partition coefficient (Wildman–Crippen LogP) is 7.12. The second kappa shape index (κ2) is 13.2. The molecule has 0 radical (unpaired) electrons. The fourth-order valence-corrected chi connectivity index (χ4v) is 5.70. The standard InChI is InChI=1S/C22H31N2P.2CH3.Cr/c1-15(2)25(16(3)4)24-22(20-11-9-8-10-12-20)23-21-18(6)13-17(5)14-19(21)7;;;/h8-16H,1-7H3,(H,23,24);2*1H3;/q;2*-1;+2/p+1. The molecular weight excluding hydrogens is 399 g/mol. The largest absolute Gasteiger partial charge is 2.00 e. The zero-order chi connectivity index (χ0) is 18.6. The predicted molar refractivity (Wildman–Crippen MR) is 128 cm³/mol. The molecule has 2 rings (SSSR count). The van der Waals surface area contributed by atoms with Crippen LogP contribution in [-0.4, -0.2) is 17.2 Å². The zero-order valence-electron chi connectivity index (χ0n) is 19.1.